The van der Waals surface area contributed by atoms with Gasteiger partial charge in [-0.2, -0.15) is 0 Å². The second kappa shape index (κ2) is 5.16. The average Bonchev–Trinajstić information content (AvgIpc) is 2.32. The number of hydrazine groups is 1. The maximum absolute atomic E-state index is 5.75. The fourth-order valence-electron chi connectivity index (χ4n) is 1.08. The number of nitrogen functional groups attached to an aromatic ring is 1. The van der Waals surface area contributed by atoms with Crippen molar-refractivity contribution in [2.75, 3.05) is 5.43 Å². The highest BCUT2D eigenvalue weighted by Gasteiger charge is 2.01. The molecular formula is C10H9ClN4S. The smallest absolute Gasteiger partial charge is 0.141 e. The number of nitrogens with zero attached hydrogens (tertiary/aromatic N) is 2. The van der Waals surface area contributed by atoms with Gasteiger partial charge in [0.2, 0.25) is 0 Å². The number of hydrogen-bond acceptors (Lipinski definition) is 5. The number of halogens is 1. The van der Waals surface area contributed by atoms with Crippen molar-refractivity contribution in [3.05, 3.63) is 41.6 Å². The minimum atomic E-state index is 0.620. The molecule has 16 heavy (non-hydrogen) atoms. The maximum Gasteiger partial charge on any atom is 0.141 e. The van der Waals surface area contributed by atoms with Gasteiger partial charge in [0.1, 0.15) is 15.9 Å². The summed E-state index contributed by atoms with van der Waals surface area (Å²) in [5, 5.41) is 2.28. The van der Waals surface area contributed by atoms with Gasteiger partial charge in [-0.3, -0.25) is 0 Å². The van der Waals surface area contributed by atoms with Crippen molar-refractivity contribution >= 4 is 29.2 Å². The van der Waals surface area contributed by atoms with E-state index in [2.05, 4.69) is 15.4 Å². The molecule has 6 heteroatoms. The van der Waals surface area contributed by atoms with E-state index in [1.54, 1.807) is 18.3 Å². The van der Waals surface area contributed by atoms with Crippen molar-refractivity contribution in [3.8, 4) is 0 Å². The van der Waals surface area contributed by atoms with Gasteiger partial charge in [-0.25, -0.2) is 15.8 Å². The highest BCUT2D eigenvalue weighted by Crippen LogP contribution is 2.25. The molecule has 0 aliphatic rings. The normalized spacial score (nSPS) is 10.1. The topological polar surface area (TPSA) is 63.8 Å². The zero-order valence-electron chi connectivity index (χ0n) is 8.22. The minimum Gasteiger partial charge on any atom is -0.308 e. The molecule has 0 saturated carbocycles. The number of pyridine rings is 2. The number of aromatic nitrogens is 2. The Morgan fingerprint density at radius 2 is 2.06 bits per heavy atom. The lowest BCUT2D eigenvalue weighted by atomic mass is 10.5. The molecule has 82 valence electrons. The summed E-state index contributed by atoms with van der Waals surface area (Å²) in [5.74, 6) is 5.90. The van der Waals surface area contributed by atoms with Crippen LogP contribution in [0.25, 0.3) is 0 Å². The number of anilines is 1. The first-order valence-corrected chi connectivity index (χ1v) is 5.70. The molecule has 2 aromatic rings. The molecule has 2 rings (SSSR count). The van der Waals surface area contributed by atoms with E-state index in [0.29, 0.717) is 10.8 Å². The minimum absolute atomic E-state index is 0.620. The molecule has 0 atom stereocenters. The Morgan fingerprint density at radius 1 is 1.19 bits per heavy atom. The van der Waals surface area contributed by atoms with E-state index in [0.717, 1.165) is 10.1 Å². The molecule has 0 bridgehead atoms. The van der Waals surface area contributed by atoms with Gasteiger partial charge in [0.25, 0.3) is 0 Å². The molecular weight excluding hydrogens is 244 g/mol. The van der Waals surface area contributed by atoms with E-state index in [1.165, 1.54) is 11.8 Å². The largest absolute Gasteiger partial charge is 0.308 e. The van der Waals surface area contributed by atoms with Gasteiger partial charge < -0.3 is 5.43 Å². The lowest BCUT2D eigenvalue weighted by Crippen LogP contribution is -2.08. The van der Waals surface area contributed by atoms with Crippen LogP contribution in [0.3, 0.4) is 0 Å². The van der Waals surface area contributed by atoms with E-state index in [4.69, 9.17) is 17.4 Å². The molecule has 0 aliphatic carbocycles. The average molecular weight is 253 g/mol. The maximum atomic E-state index is 5.75. The molecule has 3 N–H and O–H groups in total. The van der Waals surface area contributed by atoms with Crippen LogP contribution in [0.1, 0.15) is 0 Å². The Labute approximate surface area is 102 Å². The molecule has 0 fully saturated rings. The predicted molar refractivity (Wildman–Crippen MR) is 65.4 cm³/mol. The Balaban J connectivity index is 2.16. The number of rotatable bonds is 3. The Hall–Kier alpha value is -1.30. The molecule has 0 amide bonds. The first kappa shape index (κ1) is 11.2. The molecule has 0 aromatic carbocycles. The van der Waals surface area contributed by atoms with Crippen LogP contribution >= 0.6 is 23.4 Å². The number of nitrogens with two attached hydrogens (primary N) is 1. The zero-order valence-corrected chi connectivity index (χ0v) is 9.79. The third-order valence-electron chi connectivity index (χ3n) is 1.78. The van der Waals surface area contributed by atoms with Crippen LogP contribution < -0.4 is 11.3 Å². The van der Waals surface area contributed by atoms with Crippen LogP contribution in [0.5, 0.6) is 0 Å². The summed E-state index contributed by atoms with van der Waals surface area (Å²) in [5.41, 5.74) is 2.50. The zero-order chi connectivity index (χ0) is 11.4. The van der Waals surface area contributed by atoms with E-state index in [-0.39, 0.29) is 0 Å². The van der Waals surface area contributed by atoms with Gasteiger partial charge in [-0.1, -0.05) is 29.4 Å². The number of nitrogens with one attached hydrogen (secondary N) is 1. The van der Waals surface area contributed by atoms with E-state index in [1.807, 2.05) is 18.2 Å². The SMILES string of the molecule is NNc1cccc(Sc2ccc(Cl)cn2)n1. The van der Waals surface area contributed by atoms with Crippen LogP contribution in [0.15, 0.2) is 46.6 Å². The summed E-state index contributed by atoms with van der Waals surface area (Å²) in [7, 11) is 0. The monoisotopic (exact) mass is 252 g/mol. The van der Waals surface area contributed by atoms with Crippen molar-refractivity contribution in [2.24, 2.45) is 5.84 Å². The molecule has 0 unspecified atom stereocenters. The molecule has 0 aliphatic heterocycles. The molecule has 2 heterocycles. The summed E-state index contributed by atoms with van der Waals surface area (Å²) < 4.78 is 0. The number of hydrogen-bond donors (Lipinski definition) is 2. The Kier molecular flexibility index (Phi) is 3.61. The van der Waals surface area contributed by atoms with Crippen LogP contribution in [0.4, 0.5) is 5.82 Å². The fourth-order valence-corrected chi connectivity index (χ4v) is 1.94. The third-order valence-corrected chi connectivity index (χ3v) is 2.89. The second-order valence-corrected chi connectivity index (χ2v) is 4.40. The first-order chi connectivity index (χ1) is 7.78. The van der Waals surface area contributed by atoms with Crippen molar-refractivity contribution in [1.82, 2.24) is 9.97 Å². The van der Waals surface area contributed by atoms with E-state index in [9.17, 15) is 0 Å². The van der Waals surface area contributed by atoms with Crippen LogP contribution in [0.2, 0.25) is 5.02 Å². The molecule has 0 saturated heterocycles. The van der Waals surface area contributed by atoms with E-state index < -0.39 is 0 Å². The summed E-state index contributed by atoms with van der Waals surface area (Å²) in [6, 6.07) is 9.20. The van der Waals surface area contributed by atoms with Gasteiger partial charge in [0.05, 0.1) is 5.02 Å². The molecule has 2 aromatic heterocycles. The molecule has 0 spiro atoms. The quantitative estimate of drug-likeness (QED) is 0.649. The second-order valence-electron chi connectivity index (χ2n) is 2.92. The van der Waals surface area contributed by atoms with Gasteiger partial charge in [-0.15, -0.1) is 0 Å². The summed E-state index contributed by atoms with van der Waals surface area (Å²) >= 11 is 7.20. The summed E-state index contributed by atoms with van der Waals surface area (Å²) in [6.07, 6.45) is 1.61. The Bertz CT molecular complexity index is 475. The summed E-state index contributed by atoms with van der Waals surface area (Å²) in [6.45, 7) is 0. The van der Waals surface area contributed by atoms with Crippen molar-refractivity contribution < 1.29 is 0 Å². The highest BCUT2D eigenvalue weighted by molar-refractivity contribution is 7.99. The van der Waals surface area contributed by atoms with Crippen molar-refractivity contribution in [2.45, 2.75) is 10.1 Å². The highest BCUT2D eigenvalue weighted by atomic mass is 35.5. The van der Waals surface area contributed by atoms with Crippen molar-refractivity contribution in [1.29, 1.82) is 0 Å². The van der Waals surface area contributed by atoms with Gasteiger partial charge in [0.15, 0.2) is 0 Å². The molecule has 0 radical (unpaired) electrons. The van der Waals surface area contributed by atoms with Gasteiger partial charge in [-0.05, 0) is 24.3 Å². The lowest BCUT2D eigenvalue weighted by molar-refractivity contribution is 1.08. The third kappa shape index (κ3) is 2.85. The predicted octanol–water partition coefficient (Wildman–Crippen LogP) is 2.57. The van der Waals surface area contributed by atoms with Crippen molar-refractivity contribution in [3.63, 3.8) is 0 Å². The molecule has 4 nitrogen and oxygen atoms in total. The fraction of sp³-hybridized carbons (Fsp3) is 0. The van der Waals surface area contributed by atoms with E-state index >= 15 is 0 Å². The first-order valence-electron chi connectivity index (χ1n) is 4.51. The van der Waals surface area contributed by atoms with Crippen LogP contribution in [0, 0.1) is 0 Å². The lowest BCUT2D eigenvalue weighted by Gasteiger charge is -2.02. The van der Waals surface area contributed by atoms with Gasteiger partial charge in [0, 0.05) is 6.20 Å². The standard InChI is InChI=1S/C10H9ClN4S/c11-7-4-5-9(13-6-7)16-10-3-1-2-8(14-10)15-12/h1-6H,12H2,(H,14,15). The summed E-state index contributed by atoms with van der Waals surface area (Å²) in [4.78, 5) is 8.43. The van der Waals surface area contributed by atoms with Gasteiger partial charge >= 0.3 is 0 Å². The van der Waals surface area contributed by atoms with Crippen LogP contribution in [-0.4, -0.2) is 9.97 Å². The van der Waals surface area contributed by atoms with Crippen LogP contribution in [-0.2, 0) is 0 Å². The Morgan fingerprint density at radius 3 is 2.75 bits per heavy atom.